The highest BCUT2D eigenvalue weighted by Gasteiger charge is 2.00. The molecule has 0 aliphatic rings. The number of hydrogen-bond donors (Lipinski definition) is 0. The first kappa shape index (κ1) is 10.6. The lowest BCUT2D eigenvalue weighted by Gasteiger charge is -2.07. The second-order valence-electron chi connectivity index (χ2n) is 3.28. The Morgan fingerprint density at radius 3 is 2.50 bits per heavy atom. The Bertz CT molecular complexity index is 310. The molecular formula is C12H15NO. The largest absolute Gasteiger partial charge is 0.476 e. The summed E-state index contributed by atoms with van der Waals surface area (Å²) in [5.41, 5.74) is 1.31. The van der Waals surface area contributed by atoms with Gasteiger partial charge in [-0.1, -0.05) is 25.5 Å². The van der Waals surface area contributed by atoms with Crippen molar-refractivity contribution >= 4 is 0 Å². The Hall–Kier alpha value is -1.49. The lowest BCUT2D eigenvalue weighted by atomic mass is 10.1. The fraction of sp³-hybridized carbons (Fsp3) is 0.417. The van der Waals surface area contributed by atoms with E-state index >= 15 is 0 Å². The van der Waals surface area contributed by atoms with Crippen LogP contribution in [0, 0.1) is 11.3 Å². The maximum atomic E-state index is 8.56. The average Bonchev–Trinajstić information content (AvgIpc) is 2.21. The van der Waals surface area contributed by atoms with E-state index in [0.29, 0.717) is 0 Å². The van der Waals surface area contributed by atoms with Crippen molar-refractivity contribution < 1.29 is 4.74 Å². The van der Waals surface area contributed by atoms with Gasteiger partial charge in [0.15, 0.2) is 6.10 Å². The van der Waals surface area contributed by atoms with Gasteiger partial charge in [-0.05, 0) is 31.0 Å². The van der Waals surface area contributed by atoms with E-state index < -0.39 is 0 Å². The SMILES string of the molecule is CCCc1ccc(OC(C)C#N)cc1. The minimum Gasteiger partial charge on any atom is -0.476 e. The summed E-state index contributed by atoms with van der Waals surface area (Å²) < 4.78 is 5.34. The van der Waals surface area contributed by atoms with Gasteiger partial charge in [0, 0.05) is 0 Å². The lowest BCUT2D eigenvalue weighted by Crippen LogP contribution is -2.07. The van der Waals surface area contributed by atoms with Crippen LogP contribution in [0.4, 0.5) is 0 Å². The molecule has 0 amide bonds. The first-order valence-corrected chi connectivity index (χ1v) is 4.91. The van der Waals surface area contributed by atoms with Crippen LogP contribution in [-0.2, 0) is 6.42 Å². The maximum absolute atomic E-state index is 8.56. The zero-order valence-electron chi connectivity index (χ0n) is 8.66. The fourth-order valence-corrected chi connectivity index (χ4v) is 1.25. The number of hydrogen-bond acceptors (Lipinski definition) is 2. The molecule has 1 aromatic rings. The molecule has 0 saturated heterocycles. The van der Waals surface area contributed by atoms with E-state index in [1.54, 1.807) is 6.92 Å². The first-order chi connectivity index (χ1) is 6.76. The molecule has 2 heteroatoms. The number of nitrogens with zero attached hydrogens (tertiary/aromatic N) is 1. The van der Waals surface area contributed by atoms with E-state index in [9.17, 15) is 0 Å². The van der Waals surface area contributed by atoms with E-state index in [-0.39, 0.29) is 6.10 Å². The van der Waals surface area contributed by atoms with Crippen LogP contribution >= 0.6 is 0 Å². The second kappa shape index (κ2) is 5.29. The van der Waals surface area contributed by atoms with Crippen LogP contribution in [-0.4, -0.2) is 6.10 Å². The maximum Gasteiger partial charge on any atom is 0.181 e. The van der Waals surface area contributed by atoms with Crippen LogP contribution < -0.4 is 4.74 Å². The van der Waals surface area contributed by atoms with Gasteiger partial charge in [0.2, 0.25) is 0 Å². The molecule has 0 N–H and O–H groups in total. The van der Waals surface area contributed by atoms with Crippen molar-refractivity contribution in [2.75, 3.05) is 0 Å². The summed E-state index contributed by atoms with van der Waals surface area (Å²) in [4.78, 5) is 0. The summed E-state index contributed by atoms with van der Waals surface area (Å²) in [6.45, 7) is 3.89. The Morgan fingerprint density at radius 2 is 2.00 bits per heavy atom. The summed E-state index contributed by atoms with van der Waals surface area (Å²) in [5.74, 6) is 0.763. The normalized spacial score (nSPS) is 11.8. The molecule has 0 heterocycles. The Kier molecular flexibility index (Phi) is 4.00. The Balaban J connectivity index is 2.60. The highest BCUT2D eigenvalue weighted by atomic mass is 16.5. The average molecular weight is 189 g/mol. The third kappa shape index (κ3) is 3.10. The van der Waals surface area contributed by atoms with Crippen molar-refractivity contribution in [3.05, 3.63) is 29.8 Å². The summed E-state index contributed by atoms with van der Waals surface area (Å²) in [7, 11) is 0. The quantitative estimate of drug-likeness (QED) is 0.729. The van der Waals surface area contributed by atoms with Gasteiger partial charge < -0.3 is 4.74 Å². The zero-order valence-corrected chi connectivity index (χ0v) is 8.66. The summed E-state index contributed by atoms with van der Waals surface area (Å²) in [5, 5.41) is 8.56. The number of benzene rings is 1. The van der Waals surface area contributed by atoms with E-state index in [4.69, 9.17) is 10.00 Å². The highest BCUT2D eigenvalue weighted by molar-refractivity contribution is 5.27. The van der Waals surface area contributed by atoms with Crippen molar-refractivity contribution in [2.24, 2.45) is 0 Å². The number of aryl methyl sites for hydroxylation is 1. The molecule has 0 radical (unpaired) electrons. The molecule has 1 aromatic carbocycles. The predicted octanol–water partition coefficient (Wildman–Crippen LogP) is 2.93. The van der Waals surface area contributed by atoms with Crippen molar-refractivity contribution in [1.82, 2.24) is 0 Å². The topological polar surface area (TPSA) is 33.0 Å². The predicted molar refractivity (Wildman–Crippen MR) is 56.1 cm³/mol. The molecule has 0 aliphatic carbocycles. The molecule has 1 unspecified atom stereocenters. The molecule has 1 rings (SSSR count). The van der Waals surface area contributed by atoms with Gasteiger partial charge in [-0.2, -0.15) is 5.26 Å². The Morgan fingerprint density at radius 1 is 1.36 bits per heavy atom. The van der Waals surface area contributed by atoms with Crippen molar-refractivity contribution in [3.63, 3.8) is 0 Å². The van der Waals surface area contributed by atoms with Gasteiger partial charge in [0.1, 0.15) is 11.8 Å². The minimum absolute atomic E-state index is 0.382. The molecule has 0 bridgehead atoms. The second-order valence-corrected chi connectivity index (χ2v) is 3.28. The van der Waals surface area contributed by atoms with Crippen LogP contribution in [0.15, 0.2) is 24.3 Å². The van der Waals surface area contributed by atoms with Crippen LogP contribution in [0.5, 0.6) is 5.75 Å². The fourth-order valence-electron chi connectivity index (χ4n) is 1.25. The molecule has 0 spiro atoms. The van der Waals surface area contributed by atoms with Gasteiger partial charge in [0.25, 0.3) is 0 Å². The molecule has 14 heavy (non-hydrogen) atoms. The van der Waals surface area contributed by atoms with Gasteiger partial charge in [-0.15, -0.1) is 0 Å². The Labute approximate surface area is 85.1 Å². The third-order valence-corrected chi connectivity index (χ3v) is 1.96. The van der Waals surface area contributed by atoms with Gasteiger partial charge in [-0.3, -0.25) is 0 Å². The zero-order chi connectivity index (χ0) is 10.4. The van der Waals surface area contributed by atoms with Crippen molar-refractivity contribution in [1.29, 1.82) is 5.26 Å². The van der Waals surface area contributed by atoms with Crippen LogP contribution in [0.2, 0.25) is 0 Å². The van der Waals surface area contributed by atoms with Crippen LogP contribution in [0.25, 0.3) is 0 Å². The molecule has 0 aromatic heterocycles. The standard InChI is InChI=1S/C12H15NO/c1-3-4-11-5-7-12(8-6-11)14-10(2)9-13/h5-8,10H,3-4H2,1-2H3. The van der Waals surface area contributed by atoms with E-state index in [1.165, 1.54) is 5.56 Å². The molecule has 1 atom stereocenters. The number of ether oxygens (including phenoxy) is 1. The molecule has 2 nitrogen and oxygen atoms in total. The molecule has 74 valence electrons. The molecule has 0 fully saturated rings. The summed E-state index contributed by atoms with van der Waals surface area (Å²) in [6, 6.07) is 9.95. The highest BCUT2D eigenvalue weighted by Crippen LogP contribution is 2.14. The summed E-state index contributed by atoms with van der Waals surface area (Å²) in [6.07, 6.45) is 1.86. The van der Waals surface area contributed by atoms with Gasteiger partial charge >= 0.3 is 0 Å². The van der Waals surface area contributed by atoms with E-state index in [1.807, 2.05) is 30.3 Å². The smallest absolute Gasteiger partial charge is 0.181 e. The van der Waals surface area contributed by atoms with Crippen LogP contribution in [0.1, 0.15) is 25.8 Å². The van der Waals surface area contributed by atoms with E-state index in [0.717, 1.165) is 18.6 Å². The molecule has 0 aliphatic heterocycles. The van der Waals surface area contributed by atoms with Crippen molar-refractivity contribution in [3.8, 4) is 11.8 Å². The summed E-state index contributed by atoms with van der Waals surface area (Å²) >= 11 is 0. The van der Waals surface area contributed by atoms with Gasteiger partial charge in [0.05, 0.1) is 0 Å². The minimum atomic E-state index is -0.382. The van der Waals surface area contributed by atoms with Gasteiger partial charge in [-0.25, -0.2) is 0 Å². The number of nitriles is 1. The molecule has 0 saturated carbocycles. The monoisotopic (exact) mass is 189 g/mol. The lowest BCUT2D eigenvalue weighted by molar-refractivity contribution is 0.276. The van der Waals surface area contributed by atoms with Crippen molar-refractivity contribution in [2.45, 2.75) is 32.8 Å². The first-order valence-electron chi connectivity index (χ1n) is 4.91. The third-order valence-electron chi connectivity index (χ3n) is 1.96. The molecular weight excluding hydrogens is 174 g/mol. The number of rotatable bonds is 4. The van der Waals surface area contributed by atoms with E-state index in [2.05, 4.69) is 6.92 Å². The van der Waals surface area contributed by atoms with Crippen LogP contribution in [0.3, 0.4) is 0 Å².